The second-order valence-electron chi connectivity index (χ2n) is 5.26. The molecule has 0 aliphatic heterocycles. The summed E-state index contributed by atoms with van der Waals surface area (Å²) in [7, 11) is 0. The molecule has 0 aliphatic carbocycles. The fourth-order valence-corrected chi connectivity index (χ4v) is 1.92. The summed E-state index contributed by atoms with van der Waals surface area (Å²) in [5.41, 5.74) is 0. The average molecular weight is 312 g/mol. The molecule has 0 spiro atoms. The van der Waals surface area contributed by atoms with Gasteiger partial charge in [0.2, 0.25) is 0 Å². The molecule has 0 bridgehead atoms. The van der Waals surface area contributed by atoms with E-state index >= 15 is 0 Å². The third-order valence-corrected chi connectivity index (χ3v) is 3.15. The molecule has 0 aliphatic rings. The number of furan rings is 1. The lowest BCUT2D eigenvalue weighted by Gasteiger charge is -2.06. The third kappa shape index (κ3) is 5.06. The number of ether oxygens (including phenoxy) is 1. The van der Waals surface area contributed by atoms with Gasteiger partial charge in [-0.2, -0.15) is 0 Å². The van der Waals surface area contributed by atoms with E-state index in [9.17, 15) is 4.39 Å². The fourth-order valence-electron chi connectivity index (χ4n) is 1.80. The Labute approximate surface area is 129 Å². The van der Waals surface area contributed by atoms with Crippen LogP contribution in [0, 0.1) is 11.7 Å². The first-order valence-corrected chi connectivity index (χ1v) is 7.28. The van der Waals surface area contributed by atoms with Gasteiger partial charge in [0.15, 0.2) is 0 Å². The maximum Gasteiger partial charge on any atom is 0.146 e. The minimum Gasteiger partial charge on any atom is -0.486 e. The number of hydrogen-bond acceptors (Lipinski definition) is 3. The molecule has 5 heteroatoms. The molecule has 2 rings (SSSR count). The zero-order valence-corrected chi connectivity index (χ0v) is 12.9. The summed E-state index contributed by atoms with van der Waals surface area (Å²) >= 11 is 5.62. The van der Waals surface area contributed by atoms with Crippen LogP contribution in [0.1, 0.15) is 25.4 Å². The molecule has 0 unspecified atom stereocenters. The van der Waals surface area contributed by atoms with Crippen molar-refractivity contribution >= 4 is 11.6 Å². The summed E-state index contributed by atoms with van der Waals surface area (Å²) < 4.78 is 24.4. The molecule has 0 atom stereocenters. The van der Waals surface area contributed by atoms with Crippen LogP contribution >= 0.6 is 11.6 Å². The predicted octanol–water partition coefficient (Wildman–Crippen LogP) is 4.40. The second-order valence-corrected chi connectivity index (χ2v) is 5.66. The standard InChI is InChI=1S/C16H19ClFNO2/c1-11(2)8-19-9-13-3-4-14(21-13)10-20-12-5-6-15(17)16(18)7-12/h3-7,11,19H,8-10H2,1-2H3. The molecular formula is C16H19ClFNO2. The first-order chi connectivity index (χ1) is 10.0. The average Bonchev–Trinajstić information content (AvgIpc) is 2.88. The Bertz CT molecular complexity index is 583. The van der Waals surface area contributed by atoms with Crippen LogP contribution in [-0.4, -0.2) is 6.54 Å². The lowest BCUT2D eigenvalue weighted by Crippen LogP contribution is -2.18. The summed E-state index contributed by atoms with van der Waals surface area (Å²) in [5.74, 6) is 2.09. The Kier molecular flexibility index (Phi) is 5.65. The molecule has 0 saturated carbocycles. The molecule has 1 N–H and O–H groups in total. The van der Waals surface area contributed by atoms with Gasteiger partial charge in [0.1, 0.15) is 29.7 Å². The normalized spacial score (nSPS) is 11.1. The summed E-state index contributed by atoms with van der Waals surface area (Å²) in [6, 6.07) is 8.12. The van der Waals surface area contributed by atoms with E-state index in [0.29, 0.717) is 24.0 Å². The van der Waals surface area contributed by atoms with Crippen molar-refractivity contribution in [2.75, 3.05) is 6.54 Å². The lowest BCUT2D eigenvalue weighted by atomic mass is 10.2. The number of hydrogen-bond donors (Lipinski definition) is 1. The number of nitrogens with one attached hydrogen (secondary N) is 1. The van der Waals surface area contributed by atoms with E-state index in [1.165, 1.54) is 12.1 Å². The lowest BCUT2D eigenvalue weighted by molar-refractivity contribution is 0.264. The van der Waals surface area contributed by atoms with E-state index in [1.807, 2.05) is 12.1 Å². The van der Waals surface area contributed by atoms with E-state index in [1.54, 1.807) is 6.07 Å². The van der Waals surface area contributed by atoms with Crippen molar-refractivity contribution in [3.63, 3.8) is 0 Å². The minimum absolute atomic E-state index is 0.0823. The predicted molar refractivity (Wildman–Crippen MR) is 81.0 cm³/mol. The molecule has 0 amide bonds. The van der Waals surface area contributed by atoms with Gasteiger partial charge in [-0.05, 0) is 36.7 Å². The van der Waals surface area contributed by atoms with Crippen LogP contribution in [0.15, 0.2) is 34.7 Å². The van der Waals surface area contributed by atoms with Gasteiger partial charge in [-0.3, -0.25) is 0 Å². The summed E-state index contributed by atoms with van der Waals surface area (Å²) in [6.07, 6.45) is 0. The molecule has 0 saturated heterocycles. The van der Waals surface area contributed by atoms with Gasteiger partial charge in [0.25, 0.3) is 0 Å². The van der Waals surface area contributed by atoms with E-state index < -0.39 is 5.82 Å². The maximum absolute atomic E-state index is 13.3. The van der Waals surface area contributed by atoms with Gasteiger partial charge in [0, 0.05) is 6.07 Å². The van der Waals surface area contributed by atoms with Crippen molar-refractivity contribution < 1.29 is 13.5 Å². The summed E-state index contributed by atoms with van der Waals surface area (Å²) in [5, 5.41) is 3.39. The van der Waals surface area contributed by atoms with Crippen LogP contribution < -0.4 is 10.1 Å². The van der Waals surface area contributed by atoms with Crippen LogP contribution in [0.25, 0.3) is 0 Å². The Morgan fingerprint density at radius 1 is 1.24 bits per heavy atom. The highest BCUT2D eigenvalue weighted by Crippen LogP contribution is 2.21. The van der Waals surface area contributed by atoms with Gasteiger partial charge in [0.05, 0.1) is 11.6 Å². The van der Waals surface area contributed by atoms with Gasteiger partial charge in [-0.1, -0.05) is 25.4 Å². The van der Waals surface area contributed by atoms with E-state index in [4.69, 9.17) is 20.8 Å². The minimum atomic E-state index is -0.493. The van der Waals surface area contributed by atoms with Crippen molar-refractivity contribution in [3.05, 3.63) is 52.7 Å². The highest BCUT2D eigenvalue weighted by Gasteiger charge is 2.05. The zero-order chi connectivity index (χ0) is 15.2. The monoisotopic (exact) mass is 311 g/mol. The van der Waals surface area contributed by atoms with E-state index in [-0.39, 0.29) is 11.6 Å². The van der Waals surface area contributed by atoms with Crippen LogP contribution in [-0.2, 0) is 13.2 Å². The molecule has 1 heterocycles. The first-order valence-electron chi connectivity index (χ1n) is 6.90. The number of benzene rings is 1. The maximum atomic E-state index is 13.3. The van der Waals surface area contributed by atoms with Crippen LogP contribution in [0.2, 0.25) is 5.02 Å². The Hall–Kier alpha value is -1.52. The van der Waals surface area contributed by atoms with Crippen molar-refractivity contribution in [1.82, 2.24) is 5.32 Å². The molecule has 3 nitrogen and oxygen atoms in total. The SMILES string of the molecule is CC(C)CNCc1ccc(COc2ccc(Cl)c(F)c2)o1. The van der Waals surface area contributed by atoms with Gasteiger partial charge < -0.3 is 14.5 Å². The van der Waals surface area contributed by atoms with Crippen molar-refractivity contribution in [2.45, 2.75) is 27.0 Å². The van der Waals surface area contributed by atoms with Crippen LogP contribution in [0.3, 0.4) is 0 Å². The highest BCUT2D eigenvalue weighted by molar-refractivity contribution is 6.30. The first kappa shape index (κ1) is 15.9. The van der Waals surface area contributed by atoms with Crippen LogP contribution in [0.5, 0.6) is 5.75 Å². The second kappa shape index (κ2) is 7.48. The van der Waals surface area contributed by atoms with Gasteiger partial charge in [-0.25, -0.2) is 4.39 Å². The summed E-state index contributed by atoms with van der Waals surface area (Å²) in [4.78, 5) is 0. The fraction of sp³-hybridized carbons (Fsp3) is 0.375. The molecule has 1 aromatic carbocycles. The summed E-state index contributed by atoms with van der Waals surface area (Å²) in [6.45, 7) is 6.19. The molecule has 1 aromatic heterocycles. The highest BCUT2D eigenvalue weighted by atomic mass is 35.5. The molecule has 0 fully saturated rings. The molecular weight excluding hydrogens is 293 g/mol. The third-order valence-electron chi connectivity index (χ3n) is 2.84. The molecule has 0 radical (unpaired) electrons. The Morgan fingerprint density at radius 3 is 2.71 bits per heavy atom. The molecule has 2 aromatic rings. The van der Waals surface area contributed by atoms with E-state index in [2.05, 4.69) is 19.2 Å². The largest absolute Gasteiger partial charge is 0.486 e. The van der Waals surface area contributed by atoms with Crippen molar-refractivity contribution in [1.29, 1.82) is 0 Å². The molecule has 114 valence electrons. The Morgan fingerprint density at radius 2 is 2.00 bits per heavy atom. The topological polar surface area (TPSA) is 34.4 Å². The van der Waals surface area contributed by atoms with Crippen LogP contribution in [0.4, 0.5) is 4.39 Å². The van der Waals surface area contributed by atoms with Crippen molar-refractivity contribution in [3.8, 4) is 5.75 Å². The number of halogens is 2. The van der Waals surface area contributed by atoms with E-state index in [0.717, 1.165) is 12.3 Å². The van der Waals surface area contributed by atoms with Crippen molar-refractivity contribution in [2.24, 2.45) is 5.92 Å². The number of rotatable bonds is 7. The smallest absolute Gasteiger partial charge is 0.146 e. The van der Waals surface area contributed by atoms with Gasteiger partial charge >= 0.3 is 0 Å². The van der Waals surface area contributed by atoms with Gasteiger partial charge in [-0.15, -0.1) is 0 Å². The Balaban J connectivity index is 1.83. The quantitative estimate of drug-likeness (QED) is 0.823. The zero-order valence-electron chi connectivity index (χ0n) is 12.2. The molecule has 21 heavy (non-hydrogen) atoms.